The molecule has 1 aromatic heterocycles. The molecule has 0 bridgehead atoms. The summed E-state index contributed by atoms with van der Waals surface area (Å²) in [5, 5.41) is 0. The fraction of sp³-hybridized carbons (Fsp3) is 0.500. The number of hydrogen-bond acceptors (Lipinski definition) is 4. The van der Waals surface area contributed by atoms with Crippen molar-refractivity contribution in [3.8, 4) is 0 Å². The van der Waals surface area contributed by atoms with Gasteiger partial charge < -0.3 is 10.4 Å². The molecule has 0 aliphatic heterocycles. The Balaban J connectivity index is 2.64. The van der Waals surface area contributed by atoms with Crippen molar-refractivity contribution in [1.29, 1.82) is 0 Å². The zero-order valence-electron chi connectivity index (χ0n) is 7.57. The van der Waals surface area contributed by atoms with Crippen LogP contribution in [0.25, 0.3) is 0 Å². The quantitative estimate of drug-likeness (QED) is 0.579. The van der Waals surface area contributed by atoms with Crippen LogP contribution in [0.4, 0.5) is 0 Å². The average molecular weight is 221 g/mol. The third-order valence-corrected chi connectivity index (χ3v) is 1.75. The van der Waals surface area contributed by atoms with Gasteiger partial charge in [-0.15, -0.1) is 0 Å². The van der Waals surface area contributed by atoms with E-state index in [1.54, 1.807) is 0 Å². The van der Waals surface area contributed by atoms with Gasteiger partial charge in [0.1, 0.15) is 6.33 Å². The molecule has 14 heavy (non-hydrogen) atoms. The zero-order valence-corrected chi connectivity index (χ0v) is 8.46. The van der Waals surface area contributed by atoms with Crippen LogP contribution in [0.2, 0.25) is 0 Å². The molecule has 0 radical (unpaired) electrons. The minimum Gasteiger partial charge on any atom is -0.328 e. The Morgan fingerprint density at radius 1 is 1.79 bits per heavy atom. The van der Waals surface area contributed by atoms with Crippen molar-refractivity contribution in [3.63, 3.8) is 0 Å². The van der Waals surface area contributed by atoms with Gasteiger partial charge in [0.05, 0.1) is 11.9 Å². The maximum absolute atomic E-state index is 10.4. The van der Waals surface area contributed by atoms with Crippen LogP contribution in [0.3, 0.4) is 0 Å². The van der Waals surface area contributed by atoms with Crippen LogP contribution < -0.4 is 10.4 Å². The number of rotatable bonds is 4. The summed E-state index contributed by atoms with van der Waals surface area (Å²) < 4.78 is 15.5. The van der Waals surface area contributed by atoms with E-state index in [1.165, 1.54) is 12.5 Å². The van der Waals surface area contributed by atoms with E-state index in [2.05, 4.69) is 9.61 Å². The van der Waals surface area contributed by atoms with Crippen molar-refractivity contribution in [2.45, 2.75) is 19.4 Å². The van der Waals surface area contributed by atoms with Crippen molar-refractivity contribution in [3.05, 3.63) is 18.2 Å². The summed E-state index contributed by atoms with van der Waals surface area (Å²) in [5.41, 5.74) is 6.14. The maximum Gasteiger partial charge on any atom is 0.543 e. The van der Waals surface area contributed by atoms with Gasteiger partial charge in [0.2, 0.25) is 0 Å². The Kier molecular flexibility index (Phi) is 3.28. The van der Waals surface area contributed by atoms with Gasteiger partial charge >= 0.3 is 7.82 Å². The summed E-state index contributed by atoms with van der Waals surface area (Å²) in [5.74, 6) is 0. The molecule has 0 spiro atoms. The first-order valence-corrected chi connectivity index (χ1v) is 5.44. The lowest BCUT2D eigenvalue weighted by Gasteiger charge is -2.04. The summed E-state index contributed by atoms with van der Waals surface area (Å²) in [6.45, 7) is 1.81. The Bertz CT molecular complexity index is 345. The van der Waals surface area contributed by atoms with E-state index in [0.717, 1.165) is 4.73 Å². The molecule has 0 saturated heterocycles. The van der Waals surface area contributed by atoms with Crippen LogP contribution in [0.5, 0.6) is 0 Å². The van der Waals surface area contributed by atoms with E-state index in [1.807, 2.05) is 6.92 Å². The van der Waals surface area contributed by atoms with Gasteiger partial charge in [0, 0.05) is 12.5 Å². The van der Waals surface area contributed by atoms with E-state index in [4.69, 9.17) is 15.5 Å². The third kappa shape index (κ3) is 3.89. The first kappa shape index (κ1) is 11.2. The Morgan fingerprint density at radius 2 is 2.43 bits per heavy atom. The number of nitrogens with zero attached hydrogens (tertiary/aromatic N) is 2. The molecule has 0 aromatic carbocycles. The third-order valence-electron chi connectivity index (χ3n) is 1.35. The molecule has 80 valence electrons. The monoisotopic (exact) mass is 221 g/mol. The van der Waals surface area contributed by atoms with Gasteiger partial charge in [-0.1, -0.05) is 0 Å². The molecule has 1 rings (SSSR count). The molecule has 1 atom stereocenters. The molecular formula is C6H12N3O4P. The largest absolute Gasteiger partial charge is 0.543 e. The Labute approximate surface area is 80.7 Å². The summed E-state index contributed by atoms with van der Waals surface area (Å²) in [7, 11) is -4.52. The molecule has 0 fully saturated rings. The minimum atomic E-state index is -4.52. The summed E-state index contributed by atoms with van der Waals surface area (Å²) in [4.78, 5) is 20.8. The number of hydrogen-bond donors (Lipinski definition) is 3. The van der Waals surface area contributed by atoms with Crippen LogP contribution in [-0.2, 0) is 11.0 Å². The standard InChI is InChI=1S/C6H12N3O4P/c1-5(7)2-6-3-9(4-8-6)13-14(10,11)12/h3-5H,2,7H2,1H3,(H2,10,11,12)/t5-/m1/s1. The molecule has 7 nitrogen and oxygen atoms in total. The van der Waals surface area contributed by atoms with Crippen molar-refractivity contribution >= 4 is 7.82 Å². The SMILES string of the molecule is C[C@@H](N)Cc1cn(OP(=O)(O)O)cn1. The Morgan fingerprint density at radius 3 is 2.93 bits per heavy atom. The summed E-state index contributed by atoms with van der Waals surface area (Å²) >= 11 is 0. The highest BCUT2D eigenvalue weighted by molar-refractivity contribution is 7.46. The van der Waals surface area contributed by atoms with Crippen molar-refractivity contribution in [2.24, 2.45) is 5.73 Å². The molecule has 8 heteroatoms. The normalized spacial score (nSPS) is 14.0. The summed E-state index contributed by atoms with van der Waals surface area (Å²) in [6.07, 6.45) is 3.08. The van der Waals surface area contributed by atoms with E-state index >= 15 is 0 Å². The van der Waals surface area contributed by atoms with Crippen molar-refractivity contribution in [2.75, 3.05) is 0 Å². The number of imidazole rings is 1. The number of phosphoric acid groups is 1. The maximum atomic E-state index is 10.4. The highest BCUT2D eigenvalue weighted by Crippen LogP contribution is 2.31. The van der Waals surface area contributed by atoms with Crippen LogP contribution in [0.15, 0.2) is 12.5 Å². The minimum absolute atomic E-state index is 0.0617. The highest BCUT2D eigenvalue weighted by Gasteiger charge is 2.16. The average Bonchev–Trinajstić information content (AvgIpc) is 2.30. The van der Waals surface area contributed by atoms with Crippen LogP contribution in [-0.4, -0.2) is 25.5 Å². The molecule has 1 aromatic rings. The molecular weight excluding hydrogens is 209 g/mol. The second-order valence-electron chi connectivity index (χ2n) is 2.98. The van der Waals surface area contributed by atoms with Crippen molar-refractivity contribution in [1.82, 2.24) is 9.71 Å². The van der Waals surface area contributed by atoms with E-state index in [0.29, 0.717) is 12.1 Å². The van der Waals surface area contributed by atoms with E-state index in [-0.39, 0.29) is 6.04 Å². The smallest absolute Gasteiger partial charge is 0.328 e. The molecule has 4 N–H and O–H groups in total. The molecule has 0 unspecified atom stereocenters. The second kappa shape index (κ2) is 4.10. The molecule has 0 saturated carbocycles. The molecule has 1 heterocycles. The topological polar surface area (TPSA) is 111 Å². The van der Waals surface area contributed by atoms with Gasteiger partial charge in [-0.3, -0.25) is 9.79 Å². The van der Waals surface area contributed by atoms with Gasteiger partial charge in [-0.2, -0.15) is 4.73 Å². The molecule has 0 amide bonds. The lowest BCUT2D eigenvalue weighted by Crippen LogP contribution is -2.17. The first-order valence-electron chi connectivity index (χ1n) is 3.91. The van der Waals surface area contributed by atoms with Crippen LogP contribution in [0, 0.1) is 0 Å². The van der Waals surface area contributed by atoms with E-state index in [9.17, 15) is 4.57 Å². The summed E-state index contributed by atoms with van der Waals surface area (Å²) in [6, 6.07) is -0.0617. The van der Waals surface area contributed by atoms with Gasteiger partial charge in [0.25, 0.3) is 0 Å². The van der Waals surface area contributed by atoms with Gasteiger partial charge in [-0.25, -0.2) is 9.55 Å². The van der Waals surface area contributed by atoms with Gasteiger partial charge in [0.15, 0.2) is 0 Å². The lowest BCUT2D eigenvalue weighted by atomic mass is 10.2. The highest BCUT2D eigenvalue weighted by atomic mass is 31.2. The number of nitrogens with two attached hydrogens (primary N) is 1. The second-order valence-corrected chi connectivity index (χ2v) is 4.12. The number of aromatic nitrogens is 2. The predicted octanol–water partition coefficient (Wildman–Crippen LogP) is -0.706. The molecule has 0 aliphatic carbocycles. The van der Waals surface area contributed by atoms with Crippen LogP contribution in [0.1, 0.15) is 12.6 Å². The fourth-order valence-corrected chi connectivity index (χ4v) is 1.28. The predicted molar refractivity (Wildman–Crippen MR) is 48.2 cm³/mol. The van der Waals surface area contributed by atoms with Crippen molar-refractivity contribution < 1.29 is 19.0 Å². The first-order chi connectivity index (χ1) is 6.37. The Hall–Kier alpha value is -0.880. The van der Waals surface area contributed by atoms with Gasteiger partial charge in [-0.05, 0) is 6.92 Å². The zero-order chi connectivity index (χ0) is 10.8. The van der Waals surface area contributed by atoms with E-state index < -0.39 is 7.82 Å². The lowest BCUT2D eigenvalue weighted by molar-refractivity contribution is 0.177. The van der Waals surface area contributed by atoms with Crippen LogP contribution >= 0.6 is 7.82 Å². The molecule has 0 aliphatic rings. The fourth-order valence-electron chi connectivity index (χ4n) is 0.947.